The monoisotopic (exact) mass is 246 g/mol. The van der Waals surface area contributed by atoms with Crippen molar-refractivity contribution in [1.82, 2.24) is 5.32 Å². The van der Waals surface area contributed by atoms with E-state index in [4.69, 9.17) is 10.5 Å². The third kappa shape index (κ3) is 3.19. The molecule has 5 heteroatoms. The van der Waals surface area contributed by atoms with E-state index in [9.17, 15) is 4.39 Å². The molecule has 1 aromatic rings. The Hall–Kier alpha value is -2.11. The van der Waals surface area contributed by atoms with Crippen molar-refractivity contribution in [2.24, 2.45) is 0 Å². The van der Waals surface area contributed by atoms with Gasteiger partial charge in [0, 0.05) is 6.04 Å². The number of halogens is 1. The highest BCUT2D eigenvalue weighted by atomic mass is 19.1. The van der Waals surface area contributed by atoms with E-state index in [2.05, 4.69) is 5.32 Å². The molecule has 0 aliphatic carbocycles. The zero-order chi connectivity index (χ0) is 13.5. The summed E-state index contributed by atoms with van der Waals surface area (Å²) in [5.41, 5.74) is 1.11. The molecule has 18 heavy (non-hydrogen) atoms. The van der Waals surface area contributed by atoms with Crippen molar-refractivity contribution < 1.29 is 4.39 Å². The number of hydrogen-bond donors (Lipinski definition) is 1. The van der Waals surface area contributed by atoms with E-state index in [1.807, 2.05) is 19.1 Å². The van der Waals surface area contributed by atoms with Crippen molar-refractivity contribution in [2.45, 2.75) is 13.0 Å². The van der Waals surface area contributed by atoms with E-state index >= 15 is 0 Å². The van der Waals surface area contributed by atoms with Crippen LogP contribution in [0.1, 0.15) is 18.5 Å². The quantitative estimate of drug-likeness (QED) is 0.807. The maximum Gasteiger partial charge on any atom is 0.146 e. The summed E-state index contributed by atoms with van der Waals surface area (Å²) in [5, 5.41) is 20.3. The van der Waals surface area contributed by atoms with Crippen LogP contribution in [0.4, 0.5) is 10.1 Å². The number of nitriles is 2. The third-order valence-corrected chi connectivity index (χ3v) is 2.77. The molecule has 0 fully saturated rings. The predicted molar refractivity (Wildman–Crippen MR) is 67.3 cm³/mol. The second-order valence-corrected chi connectivity index (χ2v) is 3.89. The van der Waals surface area contributed by atoms with E-state index in [0.717, 1.165) is 5.56 Å². The van der Waals surface area contributed by atoms with Gasteiger partial charge in [-0.3, -0.25) is 0 Å². The fourth-order valence-electron chi connectivity index (χ4n) is 1.61. The van der Waals surface area contributed by atoms with E-state index in [0.29, 0.717) is 0 Å². The standard InChI is InChI=1S/C13H15FN4/c1-10(17-2)11-3-4-13(12(14)9-11)18(7-5-15)8-6-16/h3-4,9-10,17H,7-8H2,1-2H3. The van der Waals surface area contributed by atoms with Crippen molar-refractivity contribution >= 4 is 5.69 Å². The summed E-state index contributed by atoms with van der Waals surface area (Å²) < 4.78 is 14.0. The van der Waals surface area contributed by atoms with Crippen LogP contribution < -0.4 is 10.2 Å². The van der Waals surface area contributed by atoms with Crippen LogP contribution in [0.15, 0.2) is 18.2 Å². The Balaban J connectivity index is 3.04. The molecular formula is C13H15FN4. The average Bonchev–Trinajstić information content (AvgIpc) is 2.37. The number of nitrogens with zero attached hydrogens (tertiary/aromatic N) is 3. The van der Waals surface area contributed by atoms with Crippen LogP contribution in [0.2, 0.25) is 0 Å². The molecule has 0 heterocycles. The van der Waals surface area contributed by atoms with Gasteiger partial charge in [0.2, 0.25) is 0 Å². The molecule has 1 aromatic carbocycles. The molecule has 0 saturated carbocycles. The number of rotatable bonds is 5. The van der Waals surface area contributed by atoms with Crippen LogP contribution in [0.25, 0.3) is 0 Å². The maximum atomic E-state index is 14.0. The molecule has 1 N–H and O–H groups in total. The van der Waals surface area contributed by atoms with Gasteiger partial charge in [-0.05, 0) is 31.7 Å². The lowest BCUT2D eigenvalue weighted by Gasteiger charge is -2.20. The summed E-state index contributed by atoms with van der Waals surface area (Å²) in [5.74, 6) is -0.417. The highest BCUT2D eigenvalue weighted by Crippen LogP contribution is 2.23. The molecule has 0 bridgehead atoms. The second-order valence-electron chi connectivity index (χ2n) is 3.89. The molecule has 1 rings (SSSR count). The molecule has 0 saturated heterocycles. The largest absolute Gasteiger partial charge is 0.343 e. The van der Waals surface area contributed by atoms with Crippen molar-refractivity contribution in [1.29, 1.82) is 10.5 Å². The van der Waals surface area contributed by atoms with Gasteiger partial charge >= 0.3 is 0 Å². The summed E-state index contributed by atoms with van der Waals surface area (Å²) >= 11 is 0. The van der Waals surface area contributed by atoms with Gasteiger partial charge in [0.05, 0.1) is 17.8 Å². The Kier molecular flexibility index (Phi) is 5.10. The Morgan fingerprint density at radius 3 is 2.39 bits per heavy atom. The molecule has 0 aliphatic rings. The van der Waals surface area contributed by atoms with E-state index in [-0.39, 0.29) is 24.8 Å². The first-order chi connectivity index (χ1) is 8.63. The smallest absolute Gasteiger partial charge is 0.146 e. The van der Waals surface area contributed by atoms with Crippen molar-refractivity contribution in [3.63, 3.8) is 0 Å². The number of nitrogens with one attached hydrogen (secondary N) is 1. The first-order valence-electron chi connectivity index (χ1n) is 5.59. The fraction of sp³-hybridized carbons (Fsp3) is 0.385. The zero-order valence-electron chi connectivity index (χ0n) is 10.4. The van der Waals surface area contributed by atoms with E-state index in [1.54, 1.807) is 19.2 Å². The molecule has 0 amide bonds. The molecule has 0 aromatic heterocycles. The number of hydrogen-bond acceptors (Lipinski definition) is 4. The summed E-state index contributed by atoms with van der Waals surface area (Å²) in [7, 11) is 1.80. The minimum absolute atomic E-state index is 0.00852. The highest BCUT2D eigenvalue weighted by Gasteiger charge is 2.13. The third-order valence-electron chi connectivity index (χ3n) is 2.77. The Morgan fingerprint density at radius 1 is 1.33 bits per heavy atom. The molecule has 1 unspecified atom stereocenters. The predicted octanol–water partition coefficient (Wildman–Crippen LogP) is 1.96. The van der Waals surface area contributed by atoms with Crippen molar-refractivity contribution in [2.75, 3.05) is 25.0 Å². The van der Waals surface area contributed by atoms with Gasteiger partial charge in [-0.15, -0.1) is 0 Å². The van der Waals surface area contributed by atoms with Gasteiger partial charge in [0.15, 0.2) is 0 Å². The van der Waals surface area contributed by atoms with Gasteiger partial charge < -0.3 is 10.2 Å². The fourth-order valence-corrected chi connectivity index (χ4v) is 1.61. The van der Waals surface area contributed by atoms with Gasteiger partial charge in [0.25, 0.3) is 0 Å². The minimum Gasteiger partial charge on any atom is -0.343 e. The lowest BCUT2D eigenvalue weighted by molar-refractivity contribution is 0.605. The maximum absolute atomic E-state index is 14.0. The van der Waals surface area contributed by atoms with Crippen LogP contribution in [-0.4, -0.2) is 20.1 Å². The minimum atomic E-state index is -0.417. The van der Waals surface area contributed by atoms with Crippen molar-refractivity contribution in [3.05, 3.63) is 29.6 Å². The van der Waals surface area contributed by atoms with Gasteiger partial charge in [-0.1, -0.05) is 6.07 Å². The lowest BCUT2D eigenvalue weighted by Crippen LogP contribution is -2.25. The number of anilines is 1. The van der Waals surface area contributed by atoms with Crippen LogP contribution in [0, 0.1) is 28.5 Å². The Bertz CT molecular complexity index is 471. The summed E-state index contributed by atoms with van der Waals surface area (Å²) in [6.07, 6.45) is 0. The number of benzene rings is 1. The topological polar surface area (TPSA) is 62.9 Å². The average molecular weight is 246 g/mol. The molecule has 94 valence electrons. The Morgan fingerprint density at radius 2 is 1.94 bits per heavy atom. The van der Waals surface area contributed by atoms with E-state index in [1.165, 1.54) is 11.0 Å². The normalized spacial score (nSPS) is 11.4. The SMILES string of the molecule is CNC(C)c1ccc(N(CC#N)CC#N)c(F)c1. The van der Waals surface area contributed by atoms with Gasteiger partial charge in [-0.25, -0.2) is 4.39 Å². The van der Waals surface area contributed by atoms with Crippen molar-refractivity contribution in [3.8, 4) is 12.1 Å². The molecule has 0 aliphatic heterocycles. The van der Waals surface area contributed by atoms with Gasteiger partial charge in [-0.2, -0.15) is 10.5 Å². The molecule has 0 radical (unpaired) electrons. The summed E-state index contributed by atoms with van der Waals surface area (Å²) in [6.45, 7) is 1.91. The molecule has 0 spiro atoms. The summed E-state index contributed by atoms with van der Waals surface area (Å²) in [6, 6.07) is 8.72. The molecule has 4 nitrogen and oxygen atoms in total. The van der Waals surface area contributed by atoms with E-state index < -0.39 is 5.82 Å². The Labute approximate surface area is 106 Å². The van der Waals surface area contributed by atoms with Crippen LogP contribution in [0.5, 0.6) is 0 Å². The van der Waals surface area contributed by atoms with Gasteiger partial charge in [0.1, 0.15) is 18.9 Å². The molecule has 1 atom stereocenters. The molecular weight excluding hydrogens is 231 g/mol. The lowest BCUT2D eigenvalue weighted by atomic mass is 10.1. The zero-order valence-corrected chi connectivity index (χ0v) is 10.4. The summed E-state index contributed by atoms with van der Waals surface area (Å²) in [4.78, 5) is 1.41. The van der Waals surface area contributed by atoms with Crippen LogP contribution in [-0.2, 0) is 0 Å². The first kappa shape index (κ1) is 14.0. The highest BCUT2D eigenvalue weighted by molar-refractivity contribution is 5.51. The van der Waals surface area contributed by atoms with Crippen LogP contribution in [0.3, 0.4) is 0 Å². The first-order valence-corrected chi connectivity index (χ1v) is 5.59. The van der Waals surface area contributed by atoms with Crippen LogP contribution >= 0.6 is 0 Å². The second kappa shape index (κ2) is 6.58.